The summed E-state index contributed by atoms with van der Waals surface area (Å²) < 4.78 is 5.17. The molecule has 0 radical (unpaired) electrons. The Morgan fingerprint density at radius 2 is 1.72 bits per heavy atom. The first kappa shape index (κ1) is 20.4. The molecular formula is C22H25N3O4. The van der Waals surface area contributed by atoms with E-state index < -0.39 is 0 Å². The first-order chi connectivity index (χ1) is 14.0. The van der Waals surface area contributed by atoms with Gasteiger partial charge in [0.05, 0.1) is 18.4 Å². The molecule has 0 aliphatic carbocycles. The number of anilines is 1. The minimum absolute atomic E-state index is 0.0125. The quantitative estimate of drug-likeness (QED) is 0.814. The van der Waals surface area contributed by atoms with E-state index in [-0.39, 0.29) is 23.6 Å². The van der Waals surface area contributed by atoms with Crippen molar-refractivity contribution in [1.29, 1.82) is 0 Å². The van der Waals surface area contributed by atoms with Gasteiger partial charge < -0.3 is 20.3 Å². The highest BCUT2D eigenvalue weighted by molar-refractivity contribution is 6.04. The second-order valence-electron chi connectivity index (χ2n) is 6.91. The van der Waals surface area contributed by atoms with E-state index in [0.29, 0.717) is 48.5 Å². The summed E-state index contributed by atoms with van der Waals surface area (Å²) in [5.41, 5.74) is 1.44. The lowest BCUT2D eigenvalue weighted by molar-refractivity contribution is -0.121. The molecular weight excluding hydrogens is 370 g/mol. The summed E-state index contributed by atoms with van der Waals surface area (Å²) in [6.45, 7) is 1.05. The molecule has 2 aromatic carbocycles. The molecule has 0 unspecified atom stereocenters. The molecule has 29 heavy (non-hydrogen) atoms. The van der Waals surface area contributed by atoms with E-state index in [1.165, 1.54) is 14.2 Å². The van der Waals surface area contributed by atoms with Gasteiger partial charge in [-0.2, -0.15) is 0 Å². The molecule has 0 saturated carbocycles. The SMILES string of the molecule is CNC(=O)c1cc(OC)ccc1NC(=O)C1CCN(C(=O)c2ccccc2)CC1. The number of amides is 3. The molecule has 1 aliphatic rings. The van der Waals surface area contributed by atoms with Crippen LogP contribution in [0.3, 0.4) is 0 Å². The van der Waals surface area contributed by atoms with Crippen molar-refractivity contribution in [2.24, 2.45) is 5.92 Å². The predicted octanol–water partition coefficient (Wildman–Crippen LogP) is 2.55. The Hall–Kier alpha value is -3.35. The van der Waals surface area contributed by atoms with E-state index in [2.05, 4.69) is 10.6 Å². The molecule has 0 spiro atoms. The lowest BCUT2D eigenvalue weighted by Gasteiger charge is -2.31. The molecule has 7 nitrogen and oxygen atoms in total. The van der Waals surface area contributed by atoms with Crippen LogP contribution in [-0.2, 0) is 4.79 Å². The number of methoxy groups -OCH3 is 1. The predicted molar refractivity (Wildman–Crippen MR) is 110 cm³/mol. The number of nitrogens with zero attached hydrogens (tertiary/aromatic N) is 1. The smallest absolute Gasteiger partial charge is 0.253 e. The lowest BCUT2D eigenvalue weighted by atomic mass is 9.95. The molecule has 1 aliphatic heterocycles. The van der Waals surface area contributed by atoms with Gasteiger partial charge in [-0.1, -0.05) is 18.2 Å². The molecule has 1 heterocycles. The van der Waals surface area contributed by atoms with Crippen molar-refractivity contribution in [2.75, 3.05) is 32.6 Å². The zero-order valence-electron chi connectivity index (χ0n) is 16.6. The van der Waals surface area contributed by atoms with Gasteiger partial charge in [-0.05, 0) is 43.2 Å². The van der Waals surface area contributed by atoms with Gasteiger partial charge in [0.1, 0.15) is 5.75 Å². The molecule has 3 rings (SSSR count). The minimum Gasteiger partial charge on any atom is -0.497 e. The number of likely N-dealkylation sites (tertiary alicyclic amines) is 1. The summed E-state index contributed by atoms with van der Waals surface area (Å²) in [6, 6.07) is 14.1. The van der Waals surface area contributed by atoms with Crippen LogP contribution in [0.15, 0.2) is 48.5 Å². The maximum absolute atomic E-state index is 12.8. The number of nitrogens with one attached hydrogen (secondary N) is 2. The fraction of sp³-hybridized carbons (Fsp3) is 0.318. The number of carbonyl (C=O) groups excluding carboxylic acids is 3. The Morgan fingerprint density at radius 1 is 1.03 bits per heavy atom. The third kappa shape index (κ3) is 4.74. The standard InChI is InChI=1S/C22H25N3O4/c1-23-21(27)18-14-17(29-2)8-9-19(18)24-20(26)15-10-12-25(13-11-15)22(28)16-6-4-3-5-7-16/h3-9,14-15H,10-13H2,1-2H3,(H,23,27)(H,24,26). The van der Waals surface area contributed by atoms with Gasteiger partial charge >= 0.3 is 0 Å². The molecule has 1 saturated heterocycles. The summed E-state index contributed by atoms with van der Waals surface area (Å²) in [7, 11) is 3.05. The van der Waals surface area contributed by atoms with Crippen LogP contribution in [0.1, 0.15) is 33.6 Å². The Morgan fingerprint density at radius 3 is 2.34 bits per heavy atom. The number of ether oxygens (including phenoxy) is 1. The molecule has 7 heteroatoms. The summed E-state index contributed by atoms with van der Waals surface area (Å²) >= 11 is 0. The summed E-state index contributed by atoms with van der Waals surface area (Å²) in [5.74, 6) is -0.139. The number of carbonyl (C=O) groups is 3. The van der Waals surface area contributed by atoms with Gasteiger partial charge in [-0.25, -0.2) is 0 Å². The highest BCUT2D eigenvalue weighted by Crippen LogP contribution is 2.25. The lowest BCUT2D eigenvalue weighted by Crippen LogP contribution is -2.41. The second kappa shape index (κ2) is 9.23. The first-order valence-electron chi connectivity index (χ1n) is 9.58. The Bertz CT molecular complexity index is 890. The fourth-order valence-corrected chi connectivity index (χ4v) is 3.42. The van der Waals surface area contributed by atoms with E-state index in [1.54, 1.807) is 35.2 Å². The van der Waals surface area contributed by atoms with Crippen LogP contribution >= 0.6 is 0 Å². The first-order valence-corrected chi connectivity index (χ1v) is 9.58. The van der Waals surface area contributed by atoms with Crippen LogP contribution in [0.5, 0.6) is 5.75 Å². The molecule has 0 aromatic heterocycles. The molecule has 2 aromatic rings. The average Bonchev–Trinajstić information content (AvgIpc) is 2.79. The normalized spacial score (nSPS) is 14.2. The molecule has 0 bridgehead atoms. The summed E-state index contributed by atoms with van der Waals surface area (Å²) in [4.78, 5) is 39.2. The van der Waals surface area contributed by atoms with Crippen molar-refractivity contribution in [3.05, 3.63) is 59.7 Å². The zero-order valence-corrected chi connectivity index (χ0v) is 16.6. The van der Waals surface area contributed by atoms with Crippen molar-refractivity contribution in [1.82, 2.24) is 10.2 Å². The van der Waals surface area contributed by atoms with E-state index in [1.807, 2.05) is 18.2 Å². The third-order valence-electron chi connectivity index (χ3n) is 5.13. The highest BCUT2D eigenvalue weighted by Gasteiger charge is 2.28. The molecule has 2 N–H and O–H groups in total. The highest BCUT2D eigenvalue weighted by atomic mass is 16.5. The van der Waals surface area contributed by atoms with Crippen LogP contribution in [0.4, 0.5) is 5.69 Å². The fourth-order valence-electron chi connectivity index (χ4n) is 3.42. The molecule has 3 amide bonds. The summed E-state index contributed by atoms with van der Waals surface area (Å²) in [6.07, 6.45) is 1.16. The van der Waals surface area contributed by atoms with Gasteiger partial charge in [0, 0.05) is 31.6 Å². The molecule has 152 valence electrons. The van der Waals surface area contributed by atoms with E-state index >= 15 is 0 Å². The maximum atomic E-state index is 12.8. The number of hydrogen-bond acceptors (Lipinski definition) is 4. The Kier molecular flexibility index (Phi) is 6.49. The molecule has 1 fully saturated rings. The van der Waals surface area contributed by atoms with Crippen molar-refractivity contribution in [3.8, 4) is 5.75 Å². The maximum Gasteiger partial charge on any atom is 0.253 e. The topological polar surface area (TPSA) is 87.7 Å². The van der Waals surface area contributed by atoms with E-state index in [0.717, 1.165) is 0 Å². The average molecular weight is 395 g/mol. The van der Waals surface area contributed by atoms with Crippen LogP contribution in [0.25, 0.3) is 0 Å². The monoisotopic (exact) mass is 395 g/mol. The van der Waals surface area contributed by atoms with Crippen molar-refractivity contribution < 1.29 is 19.1 Å². The largest absolute Gasteiger partial charge is 0.497 e. The minimum atomic E-state index is -0.303. The van der Waals surface area contributed by atoms with Gasteiger partial charge in [-0.3, -0.25) is 14.4 Å². The van der Waals surface area contributed by atoms with Gasteiger partial charge in [-0.15, -0.1) is 0 Å². The molecule has 0 atom stereocenters. The van der Waals surface area contributed by atoms with E-state index in [4.69, 9.17) is 4.74 Å². The number of piperidine rings is 1. The zero-order chi connectivity index (χ0) is 20.8. The number of rotatable bonds is 5. The van der Waals surface area contributed by atoms with Gasteiger partial charge in [0.2, 0.25) is 5.91 Å². The summed E-state index contributed by atoms with van der Waals surface area (Å²) in [5, 5.41) is 5.43. The Labute approximate surface area is 170 Å². The number of benzene rings is 2. The van der Waals surface area contributed by atoms with Crippen LogP contribution in [0, 0.1) is 5.92 Å². The van der Waals surface area contributed by atoms with E-state index in [9.17, 15) is 14.4 Å². The van der Waals surface area contributed by atoms with Crippen molar-refractivity contribution in [3.63, 3.8) is 0 Å². The second-order valence-corrected chi connectivity index (χ2v) is 6.91. The van der Waals surface area contributed by atoms with Gasteiger partial charge in [0.25, 0.3) is 11.8 Å². The van der Waals surface area contributed by atoms with Crippen LogP contribution < -0.4 is 15.4 Å². The third-order valence-corrected chi connectivity index (χ3v) is 5.13. The van der Waals surface area contributed by atoms with Crippen LogP contribution in [-0.4, -0.2) is 49.9 Å². The van der Waals surface area contributed by atoms with Crippen molar-refractivity contribution in [2.45, 2.75) is 12.8 Å². The number of hydrogen-bond donors (Lipinski definition) is 2. The van der Waals surface area contributed by atoms with Crippen molar-refractivity contribution >= 4 is 23.4 Å². The van der Waals surface area contributed by atoms with Crippen LogP contribution in [0.2, 0.25) is 0 Å². The Balaban J connectivity index is 1.63. The van der Waals surface area contributed by atoms with Gasteiger partial charge in [0.15, 0.2) is 0 Å².